The molecule has 2 N–H and O–H groups in total. The van der Waals surface area contributed by atoms with Crippen molar-refractivity contribution in [3.05, 3.63) is 0 Å². The van der Waals surface area contributed by atoms with Crippen molar-refractivity contribution in [1.82, 2.24) is 0 Å². The molecule has 5 nitrogen and oxygen atoms in total. The van der Waals surface area contributed by atoms with Gasteiger partial charge < -0.3 is 14.9 Å². The first kappa shape index (κ1) is 11.9. The smallest absolute Gasteiger partial charge is 0.332 e. The van der Waals surface area contributed by atoms with Gasteiger partial charge >= 0.3 is 11.9 Å². The molecular formula is C8H14O5. The number of hydrogen-bond acceptors (Lipinski definition) is 3. The zero-order valence-corrected chi connectivity index (χ0v) is 7.52. The molecule has 0 aromatic carbocycles. The summed E-state index contributed by atoms with van der Waals surface area (Å²) in [5.74, 6) is -1.84. The van der Waals surface area contributed by atoms with Crippen LogP contribution in [0.2, 0.25) is 0 Å². The molecule has 0 amide bonds. The van der Waals surface area contributed by atoms with Crippen molar-refractivity contribution in [2.75, 3.05) is 6.61 Å². The molecule has 1 atom stereocenters. The molecule has 0 radical (unpaired) electrons. The first-order chi connectivity index (χ1) is 6.04. The molecule has 0 aromatic heterocycles. The van der Waals surface area contributed by atoms with E-state index < -0.39 is 18.0 Å². The van der Waals surface area contributed by atoms with Gasteiger partial charge in [-0.2, -0.15) is 0 Å². The van der Waals surface area contributed by atoms with Gasteiger partial charge in [0, 0.05) is 13.0 Å². The fourth-order valence-electron chi connectivity index (χ4n) is 0.710. The number of unbranched alkanes of at least 4 members (excludes halogenated alkanes) is 1. The first-order valence-corrected chi connectivity index (χ1v) is 4.10. The molecule has 0 spiro atoms. The van der Waals surface area contributed by atoms with Crippen LogP contribution in [0.4, 0.5) is 0 Å². The van der Waals surface area contributed by atoms with E-state index in [2.05, 4.69) is 0 Å². The van der Waals surface area contributed by atoms with Gasteiger partial charge in [0.2, 0.25) is 0 Å². The van der Waals surface area contributed by atoms with Gasteiger partial charge in [-0.3, -0.25) is 4.79 Å². The number of aliphatic carboxylic acids is 2. The summed E-state index contributed by atoms with van der Waals surface area (Å²) in [4.78, 5) is 20.3. The summed E-state index contributed by atoms with van der Waals surface area (Å²) in [6.07, 6.45) is 0.376. The number of carbonyl (C=O) groups is 2. The lowest BCUT2D eigenvalue weighted by molar-refractivity contribution is -0.149. The Morgan fingerprint density at radius 3 is 2.38 bits per heavy atom. The number of ether oxygens (including phenoxy) is 1. The fourth-order valence-corrected chi connectivity index (χ4v) is 0.710. The number of carboxylic acids is 2. The van der Waals surface area contributed by atoms with Crippen LogP contribution in [0.1, 0.15) is 26.2 Å². The van der Waals surface area contributed by atoms with Crippen molar-refractivity contribution in [2.24, 2.45) is 0 Å². The summed E-state index contributed by atoms with van der Waals surface area (Å²) in [6, 6.07) is 0. The van der Waals surface area contributed by atoms with Gasteiger partial charge in [-0.1, -0.05) is 0 Å². The Bertz CT molecular complexity index is 177. The van der Waals surface area contributed by atoms with Crippen molar-refractivity contribution in [3.63, 3.8) is 0 Å². The lowest BCUT2D eigenvalue weighted by atomic mass is 10.2. The van der Waals surface area contributed by atoms with Gasteiger partial charge in [-0.05, 0) is 19.8 Å². The number of hydrogen-bond donors (Lipinski definition) is 2. The molecule has 0 rings (SSSR count). The predicted molar refractivity (Wildman–Crippen MR) is 44.5 cm³/mol. The lowest BCUT2D eigenvalue weighted by Crippen LogP contribution is -2.20. The molecule has 0 saturated carbocycles. The van der Waals surface area contributed by atoms with Crippen LogP contribution in [0.3, 0.4) is 0 Å². The van der Waals surface area contributed by atoms with Crippen molar-refractivity contribution in [2.45, 2.75) is 32.3 Å². The zero-order valence-electron chi connectivity index (χ0n) is 7.52. The van der Waals surface area contributed by atoms with E-state index in [-0.39, 0.29) is 6.42 Å². The average molecular weight is 190 g/mol. The van der Waals surface area contributed by atoms with E-state index in [0.29, 0.717) is 19.4 Å². The van der Waals surface area contributed by atoms with Crippen molar-refractivity contribution in [3.8, 4) is 0 Å². The summed E-state index contributed by atoms with van der Waals surface area (Å²) in [5.41, 5.74) is 0. The molecule has 0 heterocycles. The minimum atomic E-state index is -1.00. The summed E-state index contributed by atoms with van der Waals surface area (Å²) < 4.78 is 4.89. The highest BCUT2D eigenvalue weighted by Crippen LogP contribution is 1.98. The van der Waals surface area contributed by atoms with E-state index in [1.54, 1.807) is 0 Å². The van der Waals surface area contributed by atoms with Crippen molar-refractivity contribution >= 4 is 11.9 Å². The van der Waals surface area contributed by atoms with Gasteiger partial charge in [0.15, 0.2) is 6.10 Å². The van der Waals surface area contributed by atoms with Crippen LogP contribution in [0.5, 0.6) is 0 Å². The Kier molecular flexibility index (Phi) is 5.88. The van der Waals surface area contributed by atoms with Gasteiger partial charge in [-0.25, -0.2) is 4.79 Å². The highest BCUT2D eigenvalue weighted by atomic mass is 16.5. The van der Waals surface area contributed by atoms with E-state index in [1.807, 2.05) is 0 Å². The number of rotatable bonds is 7. The fraction of sp³-hybridized carbons (Fsp3) is 0.750. The number of carboxylic acid groups (broad SMARTS) is 2. The Labute approximate surface area is 76.3 Å². The Morgan fingerprint density at radius 2 is 1.92 bits per heavy atom. The van der Waals surface area contributed by atoms with Crippen LogP contribution < -0.4 is 0 Å². The highest BCUT2D eigenvalue weighted by Gasteiger charge is 2.09. The topological polar surface area (TPSA) is 83.8 Å². The standard InChI is InChI=1S/C8H14O5/c1-6(8(11)12)13-5-3-2-4-7(9)10/h6H,2-5H2,1H3,(H,9,10)(H,11,12). The van der Waals surface area contributed by atoms with Gasteiger partial charge in [0.1, 0.15) is 0 Å². The van der Waals surface area contributed by atoms with Crippen LogP contribution >= 0.6 is 0 Å². The predicted octanol–water partition coefficient (Wildman–Crippen LogP) is 0.731. The second-order valence-electron chi connectivity index (χ2n) is 2.70. The quantitative estimate of drug-likeness (QED) is 0.578. The maximum atomic E-state index is 10.3. The molecular weight excluding hydrogens is 176 g/mol. The third kappa shape index (κ3) is 7.27. The third-order valence-corrected chi connectivity index (χ3v) is 1.50. The average Bonchev–Trinajstić information content (AvgIpc) is 2.02. The van der Waals surface area contributed by atoms with E-state index in [4.69, 9.17) is 14.9 Å². The molecule has 0 saturated heterocycles. The second-order valence-corrected chi connectivity index (χ2v) is 2.70. The van der Waals surface area contributed by atoms with Crippen LogP contribution in [-0.2, 0) is 14.3 Å². The van der Waals surface area contributed by atoms with Crippen LogP contribution in [-0.4, -0.2) is 34.9 Å². The molecule has 0 fully saturated rings. The Balaban J connectivity index is 3.26. The SMILES string of the molecule is CC(OCCCCC(=O)O)C(=O)O. The largest absolute Gasteiger partial charge is 0.481 e. The highest BCUT2D eigenvalue weighted by molar-refractivity contribution is 5.71. The maximum absolute atomic E-state index is 10.3. The normalized spacial score (nSPS) is 12.4. The molecule has 0 aliphatic heterocycles. The molecule has 0 aromatic rings. The van der Waals surface area contributed by atoms with Gasteiger partial charge in [0.05, 0.1) is 0 Å². The van der Waals surface area contributed by atoms with E-state index in [1.165, 1.54) is 6.92 Å². The van der Waals surface area contributed by atoms with Crippen molar-refractivity contribution < 1.29 is 24.5 Å². The summed E-state index contributed by atoms with van der Waals surface area (Å²) in [7, 11) is 0. The van der Waals surface area contributed by atoms with Crippen molar-refractivity contribution in [1.29, 1.82) is 0 Å². The van der Waals surface area contributed by atoms with E-state index >= 15 is 0 Å². The zero-order chi connectivity index (χ0) is 10.3. The maximum Gasteiger partial charge on any atom is 0.332 e. The lowest BCUT2D eigenvalue weighted by Gasteiger charge is -2.06. The summed E-state index contributed by atoms with van der Waals surface area (Å²) in [6.45, 7) is 1.74. The summed E-state index contributed by atoms with van der Waals surface area (Å²) in [5, 5.41) is 16.7. The Hall–Kier alpha value is -1.10. The van der Waals surface area contributed by atoms with E-state index in [9.17, 15) is 9.59 Å². The second kappa shape index (κ2) is 6.42. The molecule has 5 heteroatoms. The van der Waals surface area contributed by atoms with Gasteiger partial charge in [-0.15, -0.1) is 0 Å². The van der Waals surface area contributed by atoms with Crippen LogP contribution in [0.15, 0.2) is 0 Å². The van der Waals surface area contributed by atoms with Crippen LogP contribution in [0.25, 0.3) is 0 Å². The van der Waals surface area contributed by atoms with E-state index in [0.717, 1.165) is 0 Å². The molecule has 0 aliphatic rings. The molecule has 13 heavy (non-hydrogen) atoms. The molecule has 1 unspecified atom stereocenters. The molecule has 0 bridgehead atoms. The van der Waals surface area contributed by atoms with Crippen LogP contribution in [0, 0.1) is 0 Å². The minimum absolute atomic E-state index is 0.102. The molecule has 0 aliphatic carbocycles. The Morgan fingerprint density at radius 1 is 1.31 bits per heavy atom. The summed E-state index contributed by atoms with van der Waals surface area (Å²) >= 11 is 0. The monoisotopic (exact) mass is 190 g/mol. The minimum Gasteiger partial charge on any atom is -0.481 e. The first-order valence-electron chi connectivity index (χ1n) is 4.10. The third-order valence-electron chi connectivity index (χ3n) is 1.50. The van der Waals surface area contributed by atoms with Gasteiger partial charge in [0.25, 0.3) is 0 Å². The molecule has 76 valence electrons.